The second-order valence-electron chi connectivity index (χ2n) is 6.12. The average molecular weight is 403 g/mol. The SMILES string of the molecule is C[C@@H](Sc1nnc(NCc2ccco2)s1)C(=O)NC[C@H](C)c1ccccc1. The van der Waals surface area contributed by atoms with Gasteiger partial charge in [0.2, 0.25) is 11.0 Å². The Morgan fingerprint density at radius 1 is 1.19 bits per heavy atom. The van der Waals surface area contributed by atoms with Gasteiger partial charge in [0.1, 0.15) is 5.76 Å². The highest BCUT2D eigenvalue weighted by Crippen LogP contribution is 2.29. The van der Waals surface area contributed by atoms with Crippen molar-refractivity contribution in [2.24, 2.45) is 0 Å². The molecular weight excluding hydrogens is 380 g/mol. The van der Waals surface area contributed by atoms with E-state index in [2.05, 4.69) is 39.9 Å². The normalized spacial score (nSPS) is 13.1. The zero-order valence-electron chi connectivity index (χ0n) is 15.2. The number of nitrogens with one attached hydrogen (secondary N) is 2. The van der Waals surface area contributed by atoms with Gasteiger partial charge in [-0.05, 0) is 30.5 Å². The molecule has 0 aliphatic heterocycles. The highest BCUT2D eigenvalue weighted by molar-refractivity contribution is 8.02. The number of aromatic nitrogens is 2. The van der Waals surface area contributed by atoms with Crippen LogP contribution in [0.1, 0.15) is 31.1 Å². The number of benzene rings is 1. The summed E-state index contributed by atoms with van der Waals surface area (Å²) in [6.45, 7) is 5.15. The lowest BCUT2D eigenvalue weighted by Gasteiger charge is -2.15. The van der Waals surface area contributed by atoms with E-state index < -0.39 is 0 Å². The number of carbonyl (C=O) groups is 1. The second kappa shape index (κ2) is 9.57. The van der Waals surface area contributed by atoms with Crippen LogP contribution in [0.15, 0.2) is 57.5 Å². The molecule has 142 valence electrons. The Morgan fingerprint density at radius 3 is 2.74 bits per heavy atom. The maximum absolute atomic E-state index is 12.4. The zero-order valence-corrected chi connectivity index (χ0v) is 16.8. The van der Waals surface area contributed by atoms with Crippen LogP contribution in [0, 0.1) is 0 Å². The van der Waals surface area contributed by atoms with E-state index in [1.54, 1.807) is 6.26 Å². The van der Waals surface area contributed by atoms with Crippen molar-refractivity contribution in [1.82, 2.24) is 15.5 Å². The van der Waals surface area contributed by atoms with E-state index in [4.69, 9.17) is 4.42 Å². The molecule has 0 radical (unpaired) electrons. The van der Waals surface area contributed by atoms with Gasteiger partial charge in [-0.2, -0.15) is 0 Å². The highest BCUT2D eigenvalue weighted by Gasteiger charge is 2.18. The van der Waals surface area contributed by atoms with Crippen molar-refractivity contribution in [2.45, 2.75) is 35.9 Å². The summed E-state index contributed by atoms with van der Waals surface area (Å²) in [5, 5.41) is 14.9. The van der Waals surface area contributed by atoms with E-state index in [0.29, 0.717) is 18.2 Å². The van der Waals surface area contributed by atoms with Crippen molar-refractivity contribution in [3.63, 3.8) is 0 Å². The van der Waals surface area contributed by atoms with Gasteiger partial charge in [-0.15, -0.1) is 10.2 Å². The standard InChI is InChI=1S/C19H22N4O2S2/c1-13(15-7-4-3-5-8-15)11-20-17(24)14(2)26-19-23-22-18(27-19)21-12-16-9-6-10-25-16/h3-10,13-14H,11-12H2,1-2H3,(H,20,24)(H,21,22)/t13-,14+/m0/s1. The summed E-state index contributed by atoms with van der Waals surface area (Å²) < 4.78 is 6.03. The van der Waals surface area contributed by atoms with E-state index in [1.165, 1.54) is 28.7 Å². The first-order chi connectivity index (χ1) is 13.1. The quantitative estimate of drug-likeness (QED) is 0.524. The number of furan rings is 1. The van der Waals surface area contributed by atoms with E-state index in [1.807, 2.05) is 37.3 Å². The van der Waals surface area contributed by atoms with Gasteiger partial charge in [-0.3, -0.25) is 4.79 Å². The molecule has 0 fully saturated rings. The molecule has 0 bridgehead atoms. The van der Waals surface area contributed by atoms with Crippen LogP contribution in [-0.4, -0.2) is 27.9 Å². The molecule has 3 aromatic rings. The number of anilines is 1. The molecule has 0 aliphatic carbocycles. The fourth-order valence-electron chi connectivity index (χ4n) is 2.41. The summed E-state index contributed by atoms with van der Waals surface area (Å²) in [4.78, 5) is 12.4. The lowest BCUT2D eigenvalue weighted by molar-refractivity contribution is -0.120. The van der Waals surface area contributed by atoms with Gasteiger partial charge in [0.25, 0.3) is 0 Å². The molecule has 2 atom stereocenters. The Kier molecular flexibility index (Phi) is 6.89. The molecule has 6 nitrogen and oxygen atoms in total. The van der Waals surface area contributed by atoms with Gasteiger partial charge in [-0.1, -0.05) is 60.4 Å². The Morgan fingerprint density at radius 2 is 2.00 bits per heavy atom. The number of hydrogen-bond donors (Lipinski definition) is 2. The molecule has 2 aromatic heterocycles. The number of amides is 1. The summed E-state index contributed by atoms with van der Waals surface area (Å²) in [6.07, 6.45) is 1.64. The van der Waals surface area contributed by atoms with Crippen molar-refractivity contribution >= 4 is 34.1 Å². The first-order valence-corrected chi connectivity index (χ1v) is 10.4. The molecular formula is C19H22N4O2S2. The van der Waals surface area contributed by atoms with Crippen LogP contribution in [0.5, 0.6) is 0 Å². The van der Waals surface area contributed by atoms with Gasteiger partial charge >= 0.3 is 0 Å². The van der Waals surface area contributed by atoms with Gasteiger partial charge in [0.15, 0.2) is 4.34 Å². The monoisotopic (exact) mass is 402 g/mol. The predicted octanol–water partition coefficient (Wildman–Crippen LogP) is 4.14. The molecule has 0 aliphatic rings. The third kappa shape index (κ3) is 5.83. The molecule has 0 saturated heterocycles. The third-order valence-electron chi connectivity index (χ3n) is 4.00. The smallest absolute Gasteiger partial charge is 0.233 e. The molecule has 2 N–H and O–H groups in total. The number of carbonyl (C=O) groups excluding carboxylic acids is 1. The van der Waals surface area contributed by atoms with Crippen molar-refractivity contribution < 1.29 is 9.21 Å². The van der Waals surface area contributed by atoms with Gasteiger partial charge in [0, 0.05) is 6.54 Å². The van der Waals surface area contributed by atoms with Crippen molar-refractivity contribution in [3.05, 3.63) is 60.1 Å². The van der Waals surface area contributed by atoms with Crippen LogP contribution in [0.25, 0.3) is 0 Å². The molecule has 0 spiro atoms. The molecule has 0 unspecified atom stereocenters. The second-order valence-corrected chi connectivity index (χ2v) is 8.69. The average Bonchev–Trinajstić information content (AvgIpc) is 3.36. The van der Waals surface area contributed by atoms with Crippen LogP contribution in [0.4, 0.5) is 5.13 Å². The van der Waals surface area contributed by atoms with Crippen molar-refractivity contribution in [1.29, 1.82) is 0 Å². The largest absolute Gasteiger partial charge is 0.467 e. The topological polar surface area (TPSA) is 80.1 Å². The van der Waals surface area contributed by atoms with E-state index in [9.17, 15) is 4.79 Å². The molecule has 1 amide bonds. The van der Waals surface area contributed by atoms with Crippen molar-refractivity contribution in [2.75, 3.05) is 11.9 Å². The molecule has 1 aromatic carbocycles. The minimum Gasteiger partial charge on any atom is -0.467 e. The molecule has 0 saturated carbocycles. The van der Waals surface area contributed by atoms with Gasteiger partial charge < -0.3 is 15.1 Å². The van der Waals surface area contributed by atoms with E-state index >= 15 is 0 Å². The highest BCUT2D eigenvalue weighted by atomic mass is 32.2. The minimum atomic E-state index is -0.237. The molecule has 27 heavy (non-hydrogen) atoms. The van der Waals surface area contributed by atoms with Crippen LogP contribution >= 0.6 is 23.1 Å². The third-order valence-corrected chi connectivity index (χ3v) is 6.06. The summed E-state index contributed by atoms with van der Waals surface area (Å²) in [7, 11) is 0. The number of nitrogens with zero attached hydrogens (tertiary/aromatic N) is 2. The first kappa shape index (κ1) is 19.4. The lowest BCUT2D eigenvalue weighted by Crippen LogP contribution is -2.33. The van der Waals surface area contributed by atoms with Crippen molar-refractivity contribution in [3.8, 4) is 0 Å². The maximum atomic E-state index is 12.4. The van der Waals surface area contributed by atoms with Gasteiger partial charge in [-0.25, -0.2) is 0 Å². The summed E-state index contributed by atoms with van der Waals surface area (Å²) in [5.41, 5.74) is 1.22. The minimum absolute atomic E-state index is 0.00285. The van der Waals surface area contributed by atoms with E-state index in [-0.39, 0.29) is 17.1 Å². The fourth-order valence-corrected chi connectivity index (χ4v) is 4.32. The predicted molar refractivity (Wildman–Crippen MR) is 109 cm³/mol. The molecule has 2 heterocycles. The molecule has 8 heteroatoms. The number of rotatable bonds is 9. The Labute approximate surface area is 166 Å². The Bertz CT molecular complexity index is 837. The van der Waals surface area contributed by atoms with Crippen LogP contribution in [0.3, 0.4) is 0 Å². The summed E-state index contributed by atoms with van der Waals surface area (Å²) >= 11 is 2.84. The summed E-state index contributed by atoms with van der Waals surface area (Å²) in [6, 6.07) is 13.9. The Hall–Kier alpha value is -2.32. The van der Waals surface area contributed by atoms with Gasteiger partial charge in [0.05, 0.1) is 18.1 Å². The summed E-state index contributed by atoms with van der Waals surface area (Å²) in [5.74, 6) is 1.11. The van der Waals surface area contributed by atoms with Crippen LogP contribution < -0.4 is 10.6 Å². The zero-order chi connectivity index (χ0) is 19.1. The maximum Gasteiger partial charge on any atom is 0.233 e. The van der Waals surface area contributed by atoms with Crippen LogP contribution in [-0.2, 0) is 11.3 Å². The lowest BCUT2D eigenvalue weighted by atomic mass is 10.0. The first-order valence-electron chi connectivity index (χ1n) is 8.71. The fraction of sp³-hybridized carbons (Fsp3) is 0.316. The van der Waals surface area contributed by atoms with E-state index in [0.717, 1.165) is 10.1 Å². The van der Waals surface area contributed by atoms with Crippen LogP contribution in [0.2, 0.25) is 0 Å². The molecule has 3 rings (SSSR count). The number of thioether (sulfide) groups is 1. The Balaban J connectivity index is 1.44. The number of hydrogen-bond acceptors (Lipinski definition) is 7.